The van der Waals surface area contributed by atoms with E-state index in [9.17, 15) is 4.79 Å². The van der Waals surface area contributed by atoms with Gasteiger partial charge in [0.15, 0.2) is 0 Å². The molecule has 0 aliphatic rings. The second-order valence-electron chi connectivity index (χ2n) is 4.26. The minimum Gasteiger partial charge on any atom is -0.392 e. The van der Waals surface area contributed by atoms with E-state index in [-0.39, 0.29) is 12.5 Å². The molecule has 0 unspecified atom stereocenters. The van der Waals surface area contributed by atoms with Gasteiger partial charge in [-0.3, -0.25) is 4.79 Å². The predicted octanol–water partition coefficient (Wildman–Crippen LogP) is 3.52. The lowest BCUT2D eigenvalue weighted by Crippen LogP contribution is -2.23. The molecule has 0 spiro atoms. The summed E-state index contributed by atoms with van der Waals surface area (Å²) in [4.78, 5) is 12.1. The molecule has 0 bridgehead atoms. The number of benzene rings is 2. The van der Waals surface area contributed by atoms with Crippen molar-refractivity contribution in [2.45, 2.75) is 13.2 Å². The number of hydrogen-bond donors (Lipinski definition) is 2. The summed E-state index contributed by atoms with van der Waals surface area (Å²) in [6.45, 7) is 0.370. The maximum absolute atomic E-state index is 12.1. The van der Waals surface area contributed by atoms with Crippen LogP contribution in [0.1, 0.15) is 21.5 Å². The number of carbonyl (C=O) groups excluding carboxylic acids is 1. The topological polar surface area (TPSA) is 49.3 Å². The van der Waals surface area contributed by atoms with Gasteiger partial charge in [0.25, 0.3) is 5.91 Å². The first-order valence-electron chi connectivity index (χ1n) is 6.02. The molecule has 0 heterocycles. The fraction of sp³-hybridized carbons (Fsp3) is 0.133. The number of hydrogen-bond acceptors (Lipinski definition) is 2. The molecule has 0 aromatic heterocycles. The standard InChI is InChI=1S/C15H13BrClNO2/c16-13-6-2-5-12(14(13)17)15(20)18-8-10-3-1-4-11(7-10)9-19/h1-7,19H,8-9H2,(H,18,20). The third-order valence-electron chi connectivity index (χ3n) is 2.82. The Bertz CT molecular complexity index is 631. The summed E-state index contributed by atoms with van der Waals surface area (Å²) in [6.07, 6.45) is 0. The predicted molar refractivity (Wildman–Crippen MR) is 82.7 cm³/mol. The van der Waals surface area contributed by atoms with Gasteiger partial charge in [-0.05, 0) is 39.2 Å². The van der Waals surface area contributed by atoms with Crippen LogP contribution >= 0.6 is 27.5 Å². The number of rotatable bonds is 4. The molecule has 0 saturated carbocycles. The molecule has 0 saturated heterocycles. The third kappa shape index (κ3) is 3.60. The van der Waals surface area contributed by atoms with E-state index in [2.05, 4.69) is 21.2 Å². The zero-order valence-corrected chi connectivity index (χ0v) is 12.9. The molecule has 2 N–H and O–H groups in total. The second-order valence-corrected chi connectivity index (χ2v) is 5.49. The van der Waals surface area contributed by atoms with Gasteiger partial charge in [-0.15, -0.1) is 0 Å². The van der Waals surface area contributed by atoms with Crippen molar-refractivity contribution in [1.29, 1.82) is 0 Å². The van der Waals surface area contributed by atoms with Crippen LogP contribution in [0, 0.1) is 0 Å². The van der Waals surface area contributed by atoms with E-state index in [0.29, 0.717) is 21.6 Å². The van der Waals surface area contributed by atoms with Crippen LogP contribution < -0.4 is 5.32 Å². The van der Waals surface area contributed by atoms with Gasteiger partial charge >= 0.3 is 0 Å². The van der Waals surface area contributed by atoms with E-state index in [0.717, 1.165) is 11.1 Å². The van der Waals surface area contributed by atoms with E-state index >= 15 is 0 Å². The van der Waals surface area contributed by atoms with Crippen LogP contribution in [0.2, 0.25) is 5.02 Å². The van der Waals surface area contributed by atoms with Crippen LogP contribution in [0.5, 0.6) is 0 Å². The first-order chi connectivity index (χ1) is 9.61. The number of carbonyl (C=O) groups is 1. The summed E-state index contributed by atoms with van der Waals surface area (Å²) < 4.78 is 0.689. The fourth-order valence-electron chi connectivity index (χ4n) is 1.79. The molecule has 0 atom stereocenters. The summed E-state index contributed by atoms with van der Waals surface area (Å²) in [7, 11) is 0. The first-order valence-corrected chi connectivity index (χ1v) is 7.20. The molecule has 20 heavy (non-hydrogen) atoms. The lowest BCUT2D eigenvalue weighted by atomic mass is 10.1. The van der Waals surface area contributed by atoms with Gasteiger partial charge in [0.1, 0.15) is 0 Å². The monoisotopic (exact) mass is 353 g/mol. The Morgan fingerprint density at radius 2 is 1.90 bits per heavy atom. The zero-order valence-electron chi connectivity index (χ0n) is 10.6. The average Bonchev–Trinajstić information content (AvgIpc) is 2.48. The quantitative estimate of drug-likeness (QED) is 0.882. The van der Waals surface area contributed by atoms with Crippen molar-refractivity contribution >= 4 is 33.4 Å². The lowest BCUT2D eigenvalue weighted by molar-refractivity contribution is 0.0951. The number of halogens is 2. The number of nitrogens with one attached hydrogen (secondary N) is 1. The average molecular weight is 355 g/mol. The van der Waals surface area contributed by atoms with Crippen LogP contribution in [-0.4, -0.2) is 11.0 Å². The maximum Gasteiger partial charge on any atom is 0.253 e. The Morgan fingerprint density at radius 3 is 2.65 bits per heavy atom. The Labute approximate surface area is 130 Å². The van der Waals surface area contributed by atoms with E-state index in [1.807, 2.05) is 24.3 Å². The second kappa shape index (κ2) is 6.88. The smallest absolute Gasteiger partial charge is 0.253 e. The highest BCUT2D eigenvalue weighted by Crippen LogP contribution is 2.25. The van der Waals surface area contributed by atoms with E-state index < -0.39 is 0 Å². The molecule has 0 aliphatic heterocycles. The highest BCUT2D eigenvalue weighted by molar-refractivity contribution is 9.10. The molecular weight excluding hydrogens is 342 g/mol. The Hall–Kier alpha value is -1.36. The molecule has 0 fully saturated rings. The Balaban J connectivity index is 2.06. The normalized spacial score (nSPS) is 10.3. The molecular formula is C15H13BrClNO2. The third-order valence-corrected chi connectivity index (χ3v) is 4.12. The van der Waals surface area contributed by atoms with Crippen molar-refractivity contribution in [3.63, 3.8) is 0 Å². The maximum atomic E-state index is 12.1. The van der Waals surface area contributed by atoms with Gasteiger partial charge in [0.2, 0.25) is 0 Å². The molecule has 3 nitrogen and oxygen atoms in total. The SMILES string of the molecule is O=C(NCc1cccc(CO)c1)c1cccc(Br)c1Cl. The van der Waals surface area contributed by atoms with Crippen molar-refractivity contribution in [3.8, 4) is 0 Å². The van der Waals surface area contributed by atoms with Crippen molar-refractivity contribution < 1.29 is 9.90 Å². The lowest BCUT2D eigenvalue weighted by Gasteiger charge is -2.08. The van der Waals surface area contributed by atoms with E-state index in [1.165, 1.54) is 0 Å². The van der Waals surface area contributed by atoms with E-state index in [1.54, 1.807) is 18.2 Å². The summed E-state index contributed by atoms with van der Waals surface area (Å²) in [6, 6.07) is 12.6. The van der Waals surface area contributed by atoms with Crippen molar-refractivity contribution in [1.82, 2.24) is 5.32 Å². The van der Waals surface area contributed by atoms with Crippen LogP contribution in [0.3, 0.4) is 0 Å². The van der Waals surface area contributed by atoms with Gasteiger partial charge < -0.3 is 10.4 Å². The largest absolute Gasteiger partial charge is 0.392 e. The first kappa shape index (κ1) is 15.0. The van der Waals surface area contributed by atoms with Crippen LogP contribution in [0.25, 0.3) is 0 Å². The highest BCUT2D eigenvalue weighted by Gasteiger charge is 2.11. The zero-order chi connectivity index (χ0) is 14.5. The summed E-state index contributed by atoms with van der Waals surface area (Å²) in [5.41, 5.74) is 2.17. The Kier molecular flexibility index (Phi) is 5.17. The summed E-state index contributed by atoms with van der Waals surface area (Å²) >= 11 is 9.37. The van der Waals surface area contributed by atoms with Crippen molar-refractivity contribution in [2.75, 3.05) is 0 Å². The van der Waals surface area contributed by atoms with Crippen LogP contribution in [0.4, 0.5) is 0 Å². The van der Waals surface area contributed by atoms with Crippen LogP contribution in [0.15, 0.2) is 46.9 Å². The molecule has 0 radical (unpaired) electrons. The molecule has 5 heteroatoms. The summed E-state index contributed by atoms with van der Waals surface area (Å²) in [5, 5.41) is 12.3. The van der Waals surface area contributed by atoms with Crippen LogP contribution in [-0.2, 0) is 13.2 Å². The Morgan fingerprint density at radius 1 is 1.20 bits per heavy atom. The number of aliphatic hydroxyl groups excluding tert-OH is 1. The molecule has 2 aromatic carbocycles. The molecule has 2 aromatic rings. The van der Waals surface area contributed by atoms with Crippen molar-refractivity contribution in [3.05, 3.63) is 68.7 Å². The van der Waals surface area contributed by atoms with Gasteiger partial charge in [-0.25, -0.2) is 0 Å². The molecule has 0 aliphatic carbocycles. The number of amides is 1. The van der Waals surface area contributed by atoms with Gasteiger partial charge in [0.05, 0.1) is 17.2 Å². The van der Waals surface area contributed by atoms with Gasteiger partial charge in [-0.1, -0.05) is 41.9 Å². The molecule has 1 amide bonds. The molecule has 2 rings (SSSR count). The summed E-state index contributed by atoms with van der Waals surface area (Å²) in [5.74, 6) is -0.231. The molecule has 104 valence electrons. The highest BCUT2D eigenvalue weighted by atomic mass is 79.9. The van der Waals surface area contributed by atoms with Gasteiger partial charge in [0, 0.05) is 11.0 Å². The van der Waals surface area contributed by atoms with Gasteiger partial charge in [-0.2, -0.15) is 0 Å². The number of aliphatic hydroxyl groups is 1. The van der Waals surface area contributed by atoms with E-state index in [4.69, 9.17) is 16.7 Å². The van der Waals surface area contributed by atoms with Crippen molar-refractivity contribution in [2.24, 2.45) is 0 Å². The minimum atomic E-state index is -0.231. The fourth-order valence-corrected chi connectivity index (χ4v) is 2.37. The minimum absolute atomic E-state index is 0.0146.